The molecule has 0 bridgehead atoms. The van der Waals surface area contributed by atoms with E-state index < -0.39 is 0 Å². The maximum atomic E-state index is 11.6. The standard InChI is InChI=1S/C12H24N2OS/c1-10(2)13-7-5-11(15)14-9-12(3)6-4-8-16-12/h10,13H,4-9H2,1-3H3,(H,14,15). The number of rotatable bonds is 6. The van der Waals surface area contributed by atoms with Crippen molar-refractivity contribution in [1.29, 1.82) is 0 Å². The molecule has 94 valence electrons. The Hall–Kier alpha value is -0.220. The molecule has 1 aliphatic rings. The van der Waals surface area contributed by atoms with Crippen molar-refractivity contribution < 1.29 is 4.79 Å². The molecular formula is C12H24N2OS. The summed E-state index contributed by atoms with van der Waals surface area (Å²) in [5, 5.41) is 6.29. The maximum Gasteiger partial charge on any atom is 0.221 e. The highest BCUT2D eigenvalue weighted by Gasteiger charge is 2.29. The molecule has 0 aromatic heterocycles. The largest absolute Gasteiger partial charge is 0.355 e. The molecule has 1 heterocycles. The van der Waals surface area contributed by atoms with E-state index in [9.17, 15) is 4.79 Å². The molecule has 1 atom stereocenters. The first-order chi connectivity index (χ1) is 7.52. The highest BCUT2D eigenvalue weighted by Crippen LogP contribution is 2.36. The monoisotopic (exact) mass is 244 g/mol. The minimum atomic E-state index is 0.168. The summed E-state index contributed by atoms with van der Waals surface area (Å²) in [5.41, 5.74) is 0. The lowest BCUT2D eigenvalue weighted by Gasteiger charge is -2.22. The van der Waals surface area contributed by atoms with Crippen molar-refractivity contribution in [2.45, 2.75) is 50.8 Å². The molecule has 2 N–H and O–H groups in total. The third-order valence-corrected chi connectivity index (χ3v) is 4.40. The SMILES string of the molecule is CC(C)NCCC(=O)NCC1(C)CCCS1. The van der Waals surface area contributed by atoms with Gasteiger partial charge in [-0.1, -0.05) is 13.8 Å². The van der Waals surface area contributed by atoms with Crippen LogP contribution in [0.5, 0.6) is 0 Å². The van der Waals surface area contributed by atoms with Gasteiger partial charge in [-0.05, 0) is 25.5 Å². The average Bonchev–Trinajstić information content (AvgIpc) is 2.62. The molecule has 0 radical (unpaired) electrons. The summed E-state index contributed by atoms with van der Waals surface area (Å²) in [6.07, 6.45) is 3.09. The minimum Gasteiger partial charge on any atom is -0.355 e. The topological polar surface area (TPSA) is 41.1 Å². The quantitative estimate of drug-likeness (QED) is 0.748. The molecule has 1 fully saturated rings. The van der Waals surface area contributed by atoms with E-state index in [1.807, 2.05) is 11.8 Å². The van der Waals surface area contributed by atoms with Crippen LogP contribution in [0.4, 0.5) is 0 Å². The Bertz CT molecular complexity index is 225. The molecule has 0 aliphatic carbocycles. The van der Waals surface area contributed by atoms with Gasteiger partial charge in [0, 0.05) is 30.3 Å². The van der Waals surface area contributed by atoms with E-state index in [4.69, 9.17) is 0 Å². The molecule has 1 rings (SSSR count). The second-order valence-corrected chi connectivity index (χ2v) is 6.72. The molecule has 0 aromatic rings. The smallest absolute Gasteiger partial charge is 0.221 e. The molecule has 4 heteroatoms. The van der Waals surface area contributed by atoms with Crippen molar-refractivity contribution in [2.24, 2.45) is 0 Å². The van der Waals surface area contributed by atoms with Gasteiger partial charge in [0.1, 0.15) is 0 Å². The van der Waals surface area contributed by atoms with Crippen LogP contribution in [0.25, 0.3) is 0 Å². The van der Waals surface area contributed by atoms with Gasteiger partial charge in [0.2, 0.25) is 5.91 Å². The van der Waals surface area contributed by atoms with Crippen molar-refractivity contribution in [1.82, 2.24) is 10.6 Å². The van der Waals surface area contributed by atoms with Crippen LogP contribution in [-0.2, 0) is 4.79 Å². The van der Waals surface area contributed by atoms with Gasteiger partial charge in [-0.3, -0.25) is 4.79 Å². The molecular weight excluding hydrogens is 220 g/mol. The second kappa shape index (κ2) is 6.50. The number of carbonyl (C=O) groups excluding carboxylic acids is 1. The number of amides is 1. The van der Waals surface area contributed by atoms with Gasteiger partial charge in [0.15, 0.2) is 0 Å². The van der Waals surface area contributed by atoms with Gasteiger partial charge >= 0.3 is 0 Å². The summed E-state index contributed by atoms with van der Waals surface area (Å²) in [4.78, 5) is 11.6. The van der Waals surface area contributed by atoms with E-state index >= 15 is 0 Å². The van der Waals surface area contributed by atoms with Gasteiger partial charge in [-0.15, -0.1) is 0 Å². The first-order valence-electron chi connectivity index (χ1n) is 6.16. The van der Waals surface area contributed by atoms with Crippen molar-refractivity contribution in [3.63, 3.8) is 0 Å². The summed E-state index contributed by atoms with van der Waals surface area (Å²) in [6.45, 7) is 8.02. The Kier molecular flexibility index (Phi) is 5.62. The van der Waals surface area contributed by atoms with Crippen molar-refractivity contribution in [3.05, 3.63) is 0 Å². The van der Waals surface area contributed by atoms with Crippen LogP contribution in [0.15, 0.2) is 0 Å². The summed E-state index contributed by atoms with van der Waals surface area (Å²) in [7, 11) is 0. The van der Waals surface area contributed by atoms with Crippen LogP contribution in [0.2, 0.25) is 0 Å². The average molecular weight is 244 g/mol. The molecule has 1 unspecified atom stereocenters. The molecule has 0 spiro atoms. The zero-order chi connectivity index (χ0) is 12.0. The number of carbonyl (C=O) groups is 1. The Morgan fingerprint density at radius 2 is 2.25 bits per heavy atom. The van der Waals surface area contributed by atoms with E-state index in [1.54, 1.807) is 0 Å². The predicted molar refractivity (Wildman–Crippen MR) is 70.9 cm³/mol. The third kappa shape index (κ3) is 5.21. The molecule has 1 aliphatic heterocycles. The summed E-state index contributed by atoms with van der Waals surface area (Å²) in [6, 6.07) is 0.454. The molecule has 0 aromatic carbocycles. The van der Waals surface area contributed by atoms with E-state index in [-0.39, 0.29) is 10.7 Å². The zero-order valence-corrected chi connectivity index (χ0v) is 11.5. The Morgan fingerprint density at radius 3 is 2.81 bits per heavy atom. The molecule has 3 nitrogen and oxygen atoms in total. The van der Waals surface area contributed by atoms with E-state index in [2.05, 4.69) is 31.4 Å². The molecule has 1 saturated heterocycles. The lowest BCUT2D eigenvalue weighted by molar-refractivity contribution is -0.121. The fraction of sp³-hybridized carbons (Fsp3) is 0.917. The first kappa shape index (κ1) is 13.8. The predicted octanol–water partition coefficient (Wildman–Crippen LogP) is 1.78. The Labute approximate surface area is 103 Å². The summed E-state index contributed by atoms with van der Waals surface area (Å²) < 4.78 is 0.279. The van der Waals surface area contributed by atoms with Gasteiger partial charge in [-0.2, -0.15) is 11.8 Å². The van der Waals surface area contributed by atoms with E-state index in [1.165, 1.54) is 18.6 Å². The van der Waals surface area contributed by atoms with Gasteiger partial charge in [0.25, 0.3) is 0 Å². The number of thioether (sulfide) groups is 1. The van der Waals surface area contributed by atoms with Crippen LogP contribution >= 0.6 is 11.8 Å². The Morgan fingerprint density at radius 1 is 1.50 bits per heavy atom. The Balaban J connectivity index is 2.10. The first-order valence-corrected chi connectivity index (χ1v) is 7.14. The lowest BCUT2D eigenvalue weighted by atomic mass is 10.1. The fourth-order valence-corrected chi connectivity index (χ4v) is 3.07. The molecule has 0 saturated carbocycles. The minimum absolute atomic E-state index is 0.168. The summed E-state index contributed by atoms with van der Waals surface area (Å²) in [5.74, 6) is 1.41. The normalized spacial score (nSPS) is 25.0. The number of nitrogens with one attached hydrogen (secondary N) is 2. The highest BCUT2D eigenvalue weighted by molar-refractivity contribution is 8.00. The second-order valence-electron chi connectivity index (χ2n) is 5.04. The number of hydrogen-bond acceptors (Lipinski definition) is 3. The van der Waals surface area contributed by atoms with Crippen molar-refractivity contribution >= 4 is 17.7 Å². The fourth-order valence-electron chi connectivity index (χ4n) is 1.82. The summed E-state index contributed by atoms with van der Waals surface area (Å²) >= 11 is 1.99. The number of hydrogen-bond donors (Lipinski definition) is 2. The van der Waals surface area contributed by atoms with Crippen LogP contribution in [-0.4, -0.2) is 35.5 Å². The maximum absolute atomic E-state index is 11.6. The van der Waals surface area contributed by atoms with Crippen LogP contribution in [0, 0.1) is 0 Å². The van der Waals surface area contributed by atoms with Crippen molar-refractivity contribution in [2.75, 3.05) is 18.8 Å². The van der Waals surface area contributed by atoms with E-state index in [0.717, 1.165) is 13.1 Å². The van der Waals surface area contributed by atoms with E-state index in [0.29, 0.717) is 12.5 Å². The van der Waals surface area contributed by atoms with Crippen molar-refractivity contribution in [3.8, 4) is 0 Å². The zero-order valence-electron chi connectivity index (χ0n) is 10.6. The van der Waals surface area contributed by atoms with Crippen LogP contribution in [0.1, 0.15) is 40.0 Å². The van der Waals surface area contributed by atoms with Crippen LogP contribution < -0.4 is 10.6 Å². The van der Waals surface area contributed by atoms with Gasteiger partial charge < -0.3 is 10.6 Å². The molecule has 1 amide bonds. The van der Waals surface area contributed by atoms with Gasteiger partial charge in [-0.25, -0.2) is 0 Å². The highest BCUT2D eigenvalue weighted by atomic mass is 32.2. The van der Waals surface area contributed by atoms with Gasteiger partial charge in [0.05, 0.1) is 0 Å². The third-order valence-electron chi connectivity index (χ3n) is 2.86. The molecule has 16 heavy (non-hydrogen) atoms. The lowest BCUT2D eigenvalue weighted by Crippen LogP contribution is -2.38. The van der Waals surface area contributed by atoms with Crippen LogP contribution in [0.3, 0.4) is 0 Å².